The summed E-state index contributed by atoms with van der Waals surface area (Å²) in [6, 6.07) is 1.52. The van der Waals surface area contributed by atoms with Crippen LogP contribution in [0.5, 0.6) is 0 Å². The van der Waals surface area contributed by atoms with Crippen molar-refractivity contribution in [1.82, 2.24) is 15.2 Å². The highest BCUT2D eigenvalue weighted by Gasteiger charge is 2.14. The lowest BCUT2D eigenvalue weighted by atomic mass is 10.2. The van der Waals surface area contributed by atoms with Crippen LogP contribution < -0.4 is 0 Å². The van der Waals surface area contributed by atoms with E-state index in [0.29, 0.717) is 16.1 Å². The summed E-state index contributed by atoms with van der Waals surface area (Å²) in [6.07, 6.45) is 1.47. The van der Waals surface area contributed by atoms with Gasteiger partial charge in [-0.2, -0.15) is 5.10 Å². The van der Waals surface area contributed by atoms with Gasteiger partial charge in [-0.25, -0.2) is 9.78 Å². The smallest absolute Gasteiger partial charge is 0.354 e. The molecular weight excluding hydrogens is 194 g/mol. The monoisotopic (exact) mass is 197 g/mol. The van der Waals surface area contributed by atoms with Gasteiger partial charge in [0.05, 0.1) is 10.4 Å². The minimum atomic E-state index is -1.10. The Morgan fingerprint density at radius 1 is 1.62 bits per heavy atom. The first-order valence-corrected chi connectivity index (χ1v) is 3.80. The van der Waals surface area contributed by atoms with Gasteiger partial charge in [0.25, 0.3) is 0 Å². The topological polar surface area (TPSA) is 78.9 Å². The number of hydrogen-bond donors (Lipinski definition) is 2. The Bertz CT molecular complexity index is 480. The van der Waals surface area contributed by atoms with E-state index in [4.69, 9.17) is 16.7 Å². The molecular formula is C7H4ClN3O2. The lowest BCUT2D eigenvalue weighted by Crippen LogP contribution is -1.97. The van der Waals surface area contributed by atoms with E-state index in [1.165, 1.54) is 12.3 Å². The number of halogens is 1. The second-order valence-electron chi connectivity index (χ2n) is 2.40. The average Bonchev–Trinajstić information content (AvgIpc) is 2.49. The van der Waals surface area contributed by atoms with E-state index in [2.05, 4.69) is 15.2 Å². The highest BCUT2D eigenvalue weighted by molar-refractivity contribution is 6.36. The van der Waals surface area contributed by atoms with Crippen LogP contribution in [-0.2, 0) is 0 Å². The molecule has 2 aromatic rings. The molecule has 0 radical (unpaired) electrons. The predicted octanol–water partition coefficient (Wildman–Crippen LogP) is 1.31. The first kappa shape index (κ1) is 8.00. The first-order valence-electron chi connectivity index (χ1n) is 3.42. The Hall–Kier alpha value is -1.62. The van der Waals surface area contributed by atoms with Crippen molar-refractivity contribution in [1.29, 1.82) is 0 Å². The highest BCUT2D eigenvalue weighted by atomic mass is 35.5. The molecule has 0 bridgehead atoms. The largest absolute Gasteiger partial charge is 0.477 e. The molecule has 0 saturated heterocycles. The first-order chi connectivity index (χ1) is 6.20. The summed E-state index contributed by atoms with van der Waals surface area (Å²) in [5.41, 5.74) is 0.276. The lowest BCUT2D eigenvalue weighted by Gasteiger charge is -1.92. The molecule has 0 spiro atoms. The number of hydrogen-bond acceptors (Lipinski definition) is 3. The Morgan fingerprint density at radius 3 is 3.08 bits per heavy atom. The number of nitrogens with zero attached hydrogens (tertiary/aromatic N) is 2. The maximum atomic E-state index is 10.7. The maximum Gasteiger partial charge on any atom is 0.354 e. The molecule has 0 fully saturated rings. The van der Waals surface area contributed by atoms with Crippen molar-refractivity contribution in [3.05, 3.63) is 23.0 Å². The number of rotatable bonds is 1. The number of carboxylic acids is 1. The third-order valence-corrected chi connectivity index (χ3v) is 1.93. The van der Waals surface area contributed by atoms with Crippen LogP contribution in [0, 0.1) is 0 Å². The van der Waals surface area contributed by atoms with Gasteiger partial charge in [0, 0.05) is 6.20 Å². The summed E-state index contributed by atoms with van der Waals surface area (Å²) in [5, 5.41) is 15.5. The number of nitrogens with one attached hydrogen (secondary N) is 1. The van der Waals surface area contributed by atoms with Crippen LogP contribution in [0.25, 0.3) is 11.0 Å². The second kappa shape index (κ2) is 2.70. The van der Waals surface area contributed by atoms with Crippen molar-refractivity contribution in [3.8, 4) is 0 Å². The number of pyridine rings is 1. The van der Waals surface area contributed by atoms with Gasteiger partial charge >= 0.3 is 5.97 Å². The molecule has 2 heterocycles. The third-order valence-electron chi connectivity index (χ3n) is 1.62. The molecule has 0 aliphatic carbocycles. The van der Waals surface area contributed by atoms with E-state index in [1.807, 2.05) is 0 Å². The van der Waals surface area contributed by atoms with Crippen LogP contribution in [0.3, 0.4) is 0 Å². The Morgan fingerprint density at radius 2 is 2.38 bits per heavy atom. The van der Waals surface area contributed by atoms with E-state index in [0.717, 1.165) is 0 Å². The number of aromatic amines is 1. The number of carbonyl (C=O) groups is 1. The summed E-state index contributed by atoms with van der Waals surface area (Å²) < 4.78 is 0. The SMILES string of the molecule is O=C(O)c1[nH]nc2nccc(Cl)c12. The molecule has 66 valence electrons. The second-order valence-corrected chi connectivity index (χ2v) is 2.80. The minimum absolute atomic E-state index is 0.0342. The average molecular weight is 198 g/mol. The van der Waals surface area contributed by atoms with Gasteiger partial charge in [0.1, 0.15) is 0 Å². The summed E-state index contributed by atoms with van der Waals surface area (Å²) in [7, 11) is 0. The Kier molecular flexibility index (Phi) is 1.66. The van der Waals surface area contributed by atoms with Crippen LogP contribution in [0.1, 0.15) is 10.5 Å². The molecule has 0 aromatic carbocycles. The van der Waals surface area contributed by atoms with E-state index >= 15 is 0 Å². The van der Waals surface area contributed by atoms with Gasteiger partial charge in [-0.1, -0.05) is 11.6 Å². The van der Waals surface area contributed by atoms with Gasteiger partial charge < -0.3 is 5.11 Å². The summed E-state index contributed by atoms with van der Waals surface area (Å²) >= 11 is 5.78. The number of fused-ring (bicyclic) bond motifs is 1. The van der Waals surface area contributed by atoms with Crippen molar-refractivity contribution in [2.75, 3.05) is 0 Å². The van der Waals surface area contributed by atoms with Crippen molar-refractivity contribution >= 4 is 28.6 Å². The Labute approximate surface area is 77.4 Å². The number of aromatic nitrogens is 3. The molecule has 6 heteroatoms. The molecule has 0 amide bonds. The fraction of sp³-hybridized carbons (Fsp3) is 0. The molecule has 0 saturated carbocycles. The van der Waals surface area contributed by atoms with E-state index < -0.39 is 5.97 Å². The molecule has 13 heavy (non-hydrogen) atoms. The van der Waals surface area contributed by atoms with Crippen molar-refractivity contribution in [2.45, 2.75) is 0 Å². The van der Waals surface area contributed by atoms with E-state index in [9.17, 15) is 4.79 Å². The fourth-order valence-corrected chi connectivity index (χ4v) is 1.30. The van der Waals surface area contributed by atoms with Crippen LogP contribution in [0.2, 0.25) is 5.02 Å². The molecule has 2 aromatic heterocycles. The number of carboxylic acid groups (broad SMARTS) is 1. The molecule has 0 atom stereocenters. The van der Waals surface area contributed by atoms with Crippen LogP contribution in [0.15, 0.2) is 12.3 Å². The standard InChI is InChI=1S/C7H4ClN3O2/c8-3-1-2-9-6-4(3)5(7(12)13)10-11-6/h1-2H,(H,12,13)(H,9,10,11). The molecule has 0 aliphatic heterocycles. The summed E-state index contributed by atoms with van der Waals surface area (Å²) in [6.45, 7) is 0. The number of H-pyrrole nitrogens is 1. The van der Waals surface area contributed by atoms with Crippen LogP contribution in [0.4, 0.5) is 0 Å². The summed E-state index contributed by atoms with van der Waals surface area (Å²) in [5.74, 6) is -1.10. The van der Waals surface area contributed by atoms with Crippen molar-refractivity contribution < 1.29 is 9.90 Å². The fourth-order valence-electron chi connectivity index (χ4n) is 1.06. The van der Waals surface area contributed by atoms with Crippen molar-refractivity contribution in [3.63, 3.8) is 0 Å². The third kappa shape index (κ3) is 1.13. The minimum Gasteiger partial charge on any atom is -0.477 e. The lowest BCUT2D eigenvalue weighted by molar-refractivity contribution is 0.0692. The van der Waals surface area contributed by atoms with Gasteiger partial charge in [-0.3, -0.25) is 5.10 Å². The molecule has 5 nitrogen and oxygen atoms in total. The quantitative estimate of drug-likeness (QED) is 0.723. The van der Waals surface area contributed by atoms with Crippen molar-refractivity contribution in [2.24, 2.45) is 0 Å². The van der Waals surface area contributed by atoms with Crippen LogP contribution >= 0.6 is 11.6 Å². The van der Waals surface area contributed by atoms with Gasteiger partial charge in [0.2, 0.25) is 0 Å². The molecule has 0 aliphatic rings. The zero-order valence-electron chi connectivity index (χ0n) is 6.28. The Balaban J connectivity index is 2.86. The van der Waals surface area contributed by atoms with Gasteiger partial charge in [-0.05, 0) is 6.07 Å². The summed E-state index contributed by atoms with van der Waals surface area (Å²) in [4.78, 5) is 14.5. The maximum absolute atomic E-state index is 10.7. The normalized spacial score (nSPS) is 10.5. The highest BCUT2D eigenvalue weighted by Crippen LogP contribution is 2.22. The van der Waals surface area contributed by atoms with Crippen LogP contribution in [-0.4, -0.2) is 26.3 Å². The molecule has 2 rings (SSSR count). The molecule has 0 unspecified atom stereocenters. The van der Waals surface area contributed by atoms with E-state index in [-0.39, 0.29) is 5.69 Å². The number of aromatic carboxylic acids is 1. The zero-order valence-corrected chi connectivity index (χ0v) is 7.04. The van der Waals surface area contributed by atoms with Gasteiger partial charge in [-0.15, -0.1) is 0 Å². The zero-order chi connectivity index (χ0) is 9.42. The van der Waals surface area contributed by atoms with E-state index in [1.54, 1.807) is 0 Å². The predicted molar refractivity (Wildman–Crippen MR) is 45.9 cm³/mol. The molecule has 2 N–H and O–H groups in total. The van der Waals surface area contributed by atoms with Gasteiger partial charge in [0.15, 0.2) is 11.3 Å².